The number of thiazole rings is 1. The molecule has 0 unspecified atom stereocenters. The van der Waals surface area contributed by atoms with Gasteiger partial charge in [-0.1, -0.05) is 0 Å². The Kier molecular flexibility index (Phi) is 8.16. The highest BCUT2D eigenvalue weighted by molar-refractivity contribution is 9.10. The predicted octanol–water partition coefficient (Wildman–Crippen LogP) is 3.86. The molecule has 0 bridgehead atoms. The number of hydrogen-bond acceptors (Lipinski definition) is 6. The molecule has 0 radical (unpaired) electrons. The fourth-order valence-corrected chi connectivity index (χ4v) is 3.79. The maximum Gasteiger partial charge on any atom is 0.434 e. The molecule has 3 N–H and O–H groups in total. The maximum absolute atomic E-state index is 13.4. The third-order valence-electron chi connectivity index (χ3n) is 3.40. The van der Waals surface area contributed by atoms with Crippen molar-refractivity contribution in [3.63, 3.8) is 0 Å². The highest BCUT2D eigenvalue weighted by Crippen LogP contribution is 2.40. The van der Waals surface area contributed by atoms with E-state index in [4.69, 9.17) is 4.74 Å². The van der Waals surface area contributed by atoms with Crippen LogP contribution in [0.15, 0.2) is 16.7 Å². The van der Waals surface area contributed by atoms with Crippen LogP contribution in [0.4, 0.5) is 23.8 Å². The first kappa shape index (κ1) is 22.5. The number of alkyl halides is 3. The summed E-state index contributed by atoms with van der Waals surface area (Å²) in [5.41, 5.74) is -0.528. The lowest BCUT2D eigenvalue weighted by molar-refractivity contribution is -0.141. The largest absolute Gasteiger partial charge is 0.434 e. The van der Waals surface area contributed by atoms with Crippen LogP contribution >= 0.6 is 27.3 Å². The van der Waals surface area contributed by atoms with Crippen molar-refractivity contribution in [3.8, 4) is 10.6 Å². The number of carbonyl (C=O) groups is 1. The van der Waals surface area contributed by atoms with Crippen molar-refractivity contribution in [2.75, 3.05) is 32.1 Å². The van der Waals surface area contributed by atoms with Gasteiger partial charge in [-0.15, -0.1) is 11.3 Å². The zero-order chi connectivity index (χ0) is 20.7. The van der Waals surface area contributed by atoms with Gasteiger partial charge < -0.3 is 15.4 Å². The third kappa shape index (κ3) is 6.12. The van der Waals surface area contributed by atoms with Crippen molar-refractivity contribution in [2.24, 2.45) is 0 Å². The molecule has 0 atom stereocenters. The number of nitrogens with zero attached hydrogens (tertiary/aromatic N) is 2. The molecular formula is C16H19BrF3N5O2S. The number of hydrogen-bond donors (Lipinski definition) is 3. The van der Waals surface area contributed by atoms with E-state index in [-0.39, 0.29) is 22.2 Å². The van der Waals surface area contributed by atoms with E-state index in [0.29, 0.717) is 29.7 Å². The molecule has 28 heavy (non-hydrogen) atoms. The molecule has 0 saturated heterocycles. The summed E-state index contributed by atoms with van der Waals surface area (Å²) in [6.07, 6.45) is -3.17. The summed E-state index contributed by atoms with van der Waals surface area (Å²) >= 11 is 4.21. The van der Waals surface area contributed by atoms with Gasteiger partial charge in [0.1, 0.15) is 10.8 Å². The molecule has 0 fully saturated rings. The molecule has 12 heteroatoms. The summed E-state index contributed by atoms with van der Waals surface area (Å²) in [7, 11) is 1.51. The lowest BCUT2D eigenvalue weighted by Gasteiger charge is -2.07. The molecular weight excluding hydrogens is 463 g/mol. The number of amides is 2. The summed E-state index contributed by atoms with van der Waals surface area (Å²) in [6.45, 7) is 3.01. The number of halogens is 4. The van der Waals surface area contributed by atoms with Crippen molar-refractivity contribution in [3.05, 3.63) is 27.3 Å². The standard InChI is InChI=1S/C16H19BrF3N5O2S/c1-3-22-15(26)24-12-6-9(10(17)7-23-12)14-25-13(16(18,19)20)11(28-14)8-21-4-5-27-2/h6-7,21H,3-5,8H2,1-2H3,(H2,22,23,24,26). The average Bonchev–Trinajstić information content (AvgIpc) is 3.05. The summed E-state index contributed by atoms with van der Waals surface area (Å²) in [6, 6.07) is 1.02. The maximum atomic E-state index is 13.4. The molecule has 2 aromatic heterocycles. The minimum absolute atomic E-state index is 0.0165. The van der Waals surface area contributed by atoms with Gasteiger partial charge in [0.05, 0.1) is 11.5 Å². The molecule has 0 aliphatic carbocycles. The molecule has 154 valence electrons. The van der Waals surface area contributed by atoms with Gasteiger partial charge in [-0.3, -0.25) is 5.32 Å². The number of urea groups is 1. The molecule has 2 amide bonds. The second kappa shape index (κ2) is 10.1. The zero-order valence-electron chi connectivity index (χ0n) is 15.1. The van der Waals surface area contributed by atoms with Crippen LogP contribution in [-0.4, -0.2) is 42.8 Å². The lowest BCUT2D eigenvalue weighted by atomic mass is 10.2. The molecule has 0 aliphatic heterocycles. The van der Waals surface area contributed by atoms with E-state index < -0.39 is 17.9 Å². The van der Waals surface area contributed by atoms with Crippen molar-refractivity contribution < 1.29 is 22.7 Å². The Morgan fingerprint density at radius 2 is 2.14 bits per heavy atom. The number of nitrogens with one attached hydrogen (secondary N) is 3. The van der Waals surface area contributed by atoms with E-state index in [0.717, 1.165) is 11.3 Å². The average molecular weight is 482 g/mol. The topological polar surface area (TPSA) is 88.2 Å². The molecule has 2 heterocycles. The van der Waals surface area contributed by atoms with Crippen molar-refractivity contribution >= 4 is 39.1 Å². The van der Waals surface area contributed by atoms with Gasteiger partial charge in [0.25, 0.3) is 0 Å². The number of methoxy groups -OCH3 is 1. The first-order valence-electron chi connectivity index (χ1n) is 8.23. The Labute approximate surface area is 172 Å². The van der Waals surface area contributed by atoms with Gasteiger partial charge in [0.15, 0.2) is 5.69 Å². The number of ether oxygens (including phenoxy) is 1. The minimum Gasteiger partial charge on any atom is -0.383 e. The Morgan fingerprint density at radius 1 is 1.39 bits per heavy atom. The van der Waals surface area contributed by atoms with Crippen LogP contribution in [0, 0.1) is 0 Å². The second-order valence-corrected chi connectivity index (χ2v) is 7.43. The highest BCUT2D eigenvalue weighted by atomic mass is 79.9. The van der Waals surface area contributed by atoms with E-state index in [1.165, 1.54) is 19.4 Å². The minimum atomic E-state index is -4.57. The van der Waals surface area contributed by atoms with Gasteiger partial charge >= 0.3 is 12.2 Å². The fourth-order valence-electron chi connectivity index (χ4n) is 2.18. The van der Waals surface area contributed by atoms with E-state index in [2.05, 4.69) is 41.8 Å². The van der Waals surface area contributed by atoms with Crippen molar-refractivity contribution in [1.82, 2.24) is 20.6 Å². The van der Waals surface area contributed by atoms with E-state index >= 15 is 0 Å². The molecule has 2 aromatic rings. The van der Waals surface area contributed by atoms with Crippen LogP contribution in [0.3, 0.4) is 0 Å². The van der Waals surface area contributed by atoms with Gasteiger partial charge in [0, 0.05) is 43.0 Å². The number of rotatable bonds is 8. The molecule has 0 spiro atoms. The number of anilines is 1. The molecule has 7 nitrogen and oxygen atoms in total. The smallest absolute Gasteiger partial charge is 0.383 e. The Balaban J connectivity index is 2.33. The Bertz CT molecular complexity index is 816. The fraction of sp³-hybridized carbons (Fsp3) is 0.438. The van der Waals surface area contributed by atoms with Gasteiger partial charge in [-0.25, -0.2) is 14.8 Å². The van der Waals surface area contributed by atoms with Crippen LogP contribution in [0.1, 0.15) is 17.5 Å². The second-order valence-electron chi connectivity index (χ2n) is 5.49. The zero-order valence-corrected chi connectivity index (χ0v) is 17.5. The van der Waals surface area contributed by atoms with Crippen LogP contribution in [0.5, 0.6) is 0 Å². The number of carbonyl (C=O) groups excluding carboxylic acids is 1. The normalized spacial score (nSPS) is 11.5. The Hall–Kier alpha value is -1.76. The van der Waals surface area contributed by atoms with E-state index in [1.54, 1.807) is 6.92 Å². The van der Waals surface area contributed by atoms with Crippen molar-refractivity contribution in [1.29, 1.82) is 0 Å². The van der Waals surface area contributed by atoms with E-state index in [9.17, 15) is 18.0 Å². The molecule has 0 saturated carbocycles. The predicted molar refractivity (Wildman–Crippen MR) is 104 cm³/mol. The SMILES string of the molecule is CCNC(=O)Nc1cc(-c2nc(C(F)(F)F)c(CNCCOC)s2)c(Br)cn1. The first-order valence-corrected chi connectivity index (χ1v) is 9.84. The highest BCUT2D eigenvalue weighted by Gasteiger charge is 2.37. The number of aromatic nitrogens is 2. The van der Waals surface area contributed by atoms with Crippen LogP contribution < -0.4 is 16.0 Å². The first-order chi connectivity index (χ1) is 13.3. The Morgan fingerprint density at radius 3 is 2.79 bits per heavy atom. The van der Waals surface area contributed by atoms with Gasteiger partial charge in [0.2, 0.25) is 0 Å². The van der Waals surface area contributed by atoms with Crippen LogP contribution in [-0.2, 0) is 17.5 Å². The summed E-state index contributed by atoms with van der Waals surface area (Å²) < 4.78 is 45.5. The van der Waals surface area contributed by atoms with E-state index in [1.807, 2.05) is 0 Å². The summed E-state index contributed by atoms with van der Waals surface area (Å²) in [5, 5.41) is 8.15. The molecule has 0 aliphatic rings. The van der Waals surface area contributed by atoms with Crippen LogP contribution in [0.25, 0.3) is 10.6 Å². The van der Waals surface area contributed by atoms with Gasteiger partial charge in [-0.2, -0.15) is 13.2 Å². The van der Waals surface area contributed by atoms with Crippen LogP contribution in [0.2, 0.25) is 0 Å². The van der Waals surface area contributed by atoms with Crippen molar-refractivity contribution in [2.45, 2.75) is 19.6 Å². The number of pyridine rings is 1. The van der Waals surface area contributed by atoms with Gasteiger partial charge in [-0.05, 0) is 28.9 Å². The molecule has 2 rings (SSSR count). The monoisotopic (exact) mass is 481 g/mol. The summed E-state index contributed by atoms with van der Waals surface area (Å²) in [5.74, 6) is 0.202. The quantitative estimate of drug-likeness (QED) is 0.498. The summed E-state index contributed by atoms with van der Waals surface area (Å²) in [4.78, 5) is 19.6. The lowest BCUT2D eigenvalue weighted by Crippen LogP contribution is -2.28. The third-order valence-corrected chi connectivity index (χ3v) is 5.12. The molecule has 0 aromatic carbocycles.